The van der Waals surface area contributed by atoms with E-state index in [9.17, 15) is 0 Å². The van der Waals surface area contributed by atoms with Crippen molar-refractivity contribution in [3.05, 3.63) is 0 Å². The van der Waals surface area contributed by atoms with Crippen molar-refractivity contribution in [2.75, 3.05) is 13.1 Å². The summed E-state index contributed by atoms with van der Waals surface area (Å²) in [4.78, 5) is 2.70. The van der Waals surface area contributed by atoms with E-state index in [1.807, 2.05) is 0 Å². The van der Waals surface area contributed by atoms with Crippen molar-refractivity contribution in [1.29, 1.82) is 0 Å². The summed E-state index contributed by atoms with van der Waals surface area (Å²) in [6.07, 6.45) is 1.25. The molecule has 0 aliphatic carbocycles. The second-order valence-electron chi connectivity index (χ2n) is 6.15. The first-order valence-corrected chi connectivity index (χ1v) is 6.35. The van der Waals surface area contributed by atoms with E-state index in [2.05, 4.69) is 51.8 Å². The molecule has 0 radical (unpaired) electrons. The van der Waals surface area contributed by atoms with Gasteiger partial charge in [0.2, 0.25) is 0 Å². The fourth-order valence-corrected chi connectivity index (χ4v) is 2.46. The maximum absolute atomic E-state index is 3.61. The van der Waals surface area contributed by atoms with E-state index in [-0.39, 0.29) is 0 Å². The van der Waals surface area contributed by atoms with Gasteiger partial charge in [-0.05, 0) is 25.7 Å². The molecule has 3 unspecified atom stereocenters. The van der Waals surface area contributed by atoms with Crippen LogP contribution >= 0.6 is 0 Å². The molecule has 1 aliphatic heterocycles. The van der Waals surface area contributed by atoms with E-state index in [0.717, 1.165) is 6.54 Å². The topological polar surface area (TPSA) is 15.3 Å². The molecule has 90 valence electrons. The predicted molar refractivity (Wildman–Crippen MR) is 67.2 cm³/mol. The highest BCUT2D eigenvalue weighted by molar-refractivity contribution is 4.92. The Bertz CT molecular complexity index is 195. The first kappa shape index (κ1) is 13.0. The van der Waals surface area contributed by atoms with Crippen molar-refractivity contribution in [2.24, 2.45) is 5.41 Å². The molecule has 15 heavy (non-hydrogen) atoms. The third-order valence-electron chi connectivity index (χ3n) is 3.70. The number of nitrogens with zero attached hydrogens (tertiary/aromatic N) is 1. The van der Waals surface area contributed by atoms with Crippen LogP contribution in [0.15, 0.2) is 0 Å². The zero-order chi connectivity index (χ0) is 11.6. The molecule has 0 aromatic rings. The van der Waals surface area contributed by atoms with E-state index in [4.69, 9.17) is 0 Å². The average molecular weight is 212 g/mol. The number of hydrogen-bond donors (Lipinski definition) is 1. The first-order valence-electron chi connectivity index (χ1n) is 6.35. The van der Waals surface area contributed by atoms with Crippen molar-refractivity contribution in [2.45, 2.75) is 66.1 Å². The molecular formula is C13H28N2. The number of piperazine rings is 1. The molecule has 1 heterocycles. The summed E-state index contributed by atoms with van der Waals surface area (Å²) < 4.78 is 0. The normalized spacial score (nSPS) is 31.6. The Kier molecular flexibility index (Phi) is 4.19. The van der Waals surface area contributed by atoms with Crippen molar-refractivity contribution in [3.63, 3.8) is 0 Å². The van der Waals surface area contributed by atoms with Gasteiger partial charge in [0.05, 0.1) is 0 Å². The summed E-state index contributed by atoms with van der Waals surface area (Å²) in [6.45, 7) is 16.3. The van der Waals surface area contributed by atoms with Crippen molar-refractivity contribution in [1.82, 2.24) is 10.2 Å². The molecule has 1 rings (SSSR count). The van der Waals surface area contributed by atoms with Crippen molar-refractivity contribution in [3.8, 4) is 0 Å². The summed E-state index contributed by atoms with van der Waals surface area (Å²) in [6, 6.07) is 2.01. The van der Waals surface area contributed by atoms with Crippen LogP contribution in [0.5, 0.6) is 0 Å². The highest BCUT2D eigenvalue weighted by atomic mass is 15.3. The molecule has 1 saturated heterocycles. The lowest BCUT2D eigenvalue weighted by molar-refractivity contribution is 0.0277. The van der Waals surface area contributed by atoms with Gasteiger partial charge >= 0.3 is 0 Å². The van der Waals surface area contributed by atoms with Crippen LogP contribution in [0.3, 0.4) is 0 Å². The van der Waals surface area contributed by atoms with Gasteiger partial charge in [0, 0.05) is 31.2 Å². The van der Waals surface area contributed by atoms with E-state index in [1.54, 1.807) is 0 Å². The third-order valence-corrected chi connectivity index (χ3v) is 3.70. The summed E-state index contributed by atoms with van der Waals surface area (Å²) in [5, 5.41) is 3.61. The Balaban J connectivity index is 2.75. The van der Waals surface area contributed by atoms with Gasteiger partial charge in [0.15, 0.2) is 0 Å². The highest BCUT2D eigenvalue weighted by Gasteiger charge is 2.35. The minimum Gasteiger partial charge on any atom is -0.311 e. The summed E-state index contributed by atoms with van der Waals surface area (Å²) in [7, 11) is 0. The lowest BCUT2D eigenvalue weighted by Crippen LogP contribution is -2.61. The zero-order valence-corrected chi connectivity index (χ0v) is 11.3. The van der Waals surface area contributed by atoms with Crippen LogP contribution in [0.2, 0.25) is 0 Å². The van der Waals surface area contributed by atoms with Gasteiger partial charge in [-0.3, -0.25) is 4.90 Å². The van der Waals surface area contributed by atoms with E-state index in [0.29, 0.717) is 23.5 Å². The molecule has 0 aromatic carbocycles. The fourth-order valence-electron chi connectivity index (χ4n) is 2.46. The molecule has 1 fully saturated rings. The Morgan fingerprint density at radius 2 is 2.00 bits per heavy atom. The molecule has 0 spiro atoms. The second-order valence-corrected chi connectivity index (χ2v) is 6.15. The van der Waals surface area contributed by atoms with Gasteiger partial charge in [-0.25, -0.2) is 0 Å². The SMILES string of the molecule is CCC(C)N1CC(C)NCC1C(C)(C)C. The van der Waals surface area contributed by atoms with Gasteiger partial charge in [0.25, 0.3) is 0 Å². The largest absolute Gasteiger partial charge is 0.311 e. The molecule has 0 amide bonds. The average Bonchev–Trinajstić information content (AvgIpc) is 2.14. The maximum atomic E-state index is 3.61. The molecule has 0 bridgehead atoms. The Morgan fingerprint density at radius 1 is 1.40 bits per heavy atom. The van der Waals surface area contributed by atoms with Crippen LogP contribution in [-0.4, -0.2) is 36.1 Å². The molecule has 2 heteroatoms. The van der Waals surface area contributed by atoms with E-state index in [1.165, 1.54) is 13.0 Å². The molecule has 3 atom stereocenters. The zero-order valence-electron chi connectivity index (χ0n) is 11.3. The maximum Gasteiger partial charge on any atom is 0.0272 e. The highest BCUT2D eigenvalue weighted by Crippen LogP contribution is 2.28. The predicted octanol–water partition coefficient (Wildman–Crippen LogP) is 2.49. The Morgan fingerprint density at radius 3 is 2.47 bits per heavy atom. The lowest BCUT2D eigenvalue weighted by atomic mass is 9.83. The van der Waals surface area contributed by atoms with Crippen LogP contribution < -0.4 is 5.32 Å². The second kappa shape index (κ2) is 4.84. The smallest absolute Gasteiger partial charge is 0.0272 e. The fraction of sp³-hybridized carbons (Fsp3) is 1.00. The van der Waals surface area contributed by atoms with Gasteiger partial charge in [-0.2, -0.15) is 0 Å². The number of rotatable bonds is 2. The van der Waals surface area contributed by atoms with Crippen molar-refractivity contribution < 1.29 is 0 Å². The number of nitrogens with one attached hydrogen (secondary N) is 1. The van der Waals surface area contributed by atoms with Gasteiger partial charge in [0.1, 0.15) is 0 Å². The molecule has 1 N–H and O–H groups in total. The van der Waals surface area contributed by atoms with Crippen molar-refractivity contribution >= 4 is 0 Å². The van der Waals surface area contributed by atoms with Crippen LogP contribution in [-0.2, 0) is 0 Å². The lowest BCUT2D eigenvalue weighted by Gasteiger charge is -2.48. The summed E-state index contributed by atoms with van der Waals surface area (Å²) in [5.41, 5.74) is 0.372. The Labute approximate surface area is 95.4 Å². The van der Waals surface area contributed by atoms with Crippen LogP contribution in [0.4, 0.5) is 0 Å². The summed E-state index contributed by atoms with van der Waals surface area (Å²) in [5.74, 6) is 0. The van der Waals surface area contributed by atoms with Gasteiger partial charge in [-0.1, -0.05) is 27.7 Å². The van der Waals surface area contributed by atoms with Gasteiger partial charge in [-0.15, -0.1) is 0 Å². The van der Waals surface area contributed by atoms with E-state index < -0.39 is 0 Å². The minimum absolute atomic E-state index is 0.372. The number of hydrogen-bond acceptors (Lipinski definition) is 2. The van der Waals surface area contributed by atoms with Crippen LogP contribution in [0.25, 0.3) is 0 Å². The third kappa shape index (κ3) is 3.18. The van der Waals surface area contributed by atoms with Crippen LogP contribution in [0, 0.1) is 5.41 Å². The minimum atomic E-state index is 0.372. The van der Waals surface area contributed by atoms with E-state index >= 15 is 0 Å². The Hall–Kier alpha value is -0.0800. The quantitative estimate of drug-likeness (QED) is 0.756. The molecule has 2 nitrogen and oxygen atoms in total. The monoisotopic (exact) mass is 212 g/mol. The standard InChI is InChI=1S/C13H28N2/c1-7-11(3)15-9-10(2)14-8-12(15)13(4,5)6/h10-12,14H,7-9H2,1-6H3. The molecule has 0 saturated carbocycles. The first-order chi connectivity index (χ1) is 6.86. The molecule has 1 aliphatic rings. The van der Waals surface area contributed by atoms with Gasteiger partial charge < -0.3 is 5.32 Å². The van der Waals surface area contributed by atoms with Crippen LogP contribution in [0.1, 0.15) is 48.0 Å². The molecular weight excluding hydrogens is 184 g/mol. The summed E-state index contributed by atoms with van der Waals surface area (Å²) >= 11 is 0. The molecule has 0 aromatic heterocycles.